The van der Waals surface area contributed by atoms with Crippen LogP contribution in [-0.2, 0) is 4.79 Å². The number of carbonyl (C=O) groups is 3. The summed E-state index contributed by atoms with van der Waals surface area (Å²) in [5.41, 5.74) is 1.94. The first-order chi connectivity index (χ1) is 13.4. The minimum atomic E-state index is -0.366. The number of nitrogens with one attached hydrogen (secondary N) is 3. The number of anilines is 3. The largest absolute Gasteiger partial charge is 0.326 e. The van der Waals surface area contributed by atoms with Crippen LogP contribution in [0.3, 0.4) is 0 Å². The summed E-state index contributed by atoms with van der Waals surface area (Å²) >= 11 is 4.68. The summed E-state index contributed by atoms with van der Waals surface area (Å²) in [6.07, 6.45) is 0. The van der Waals surface area contributed by atoms with Crippen molar-refractivity contribution in [2.75, 3.05) is 16.0 Å². The first-order valence-corrected chi connectivity index (χ1v) is 9.93. The molecule has 3 N–H and O–H groups in total. The molecule has 0 saturated carbocycles. The van der Waals surface area contributed by atoms with E-state index >= 15 is 0 Å². The van der Waals surface area contributed by atoms with Crippen LogP contribution in [0.25, 0.3) is 0 Å². The normalized spacial score (nSPS) is 10.2. The number of halogens is 1. The van der Waals surface area contributed by atoms with Gasteiger partial charge in [0.05, 0.1) is 16.1 Å². The lowest BCUT2D eigenvalue weighted by Crippen LogP contribution is -2.18. The maximum absolute atomic E-state index is 12.8. The highest BCUT2D eigenvalue weighted by atomic mass is 79.9. The summed E-state index contributed by atoms with van der Waals surface area (Å²) in [6, 6.07) is 15.3. The van der Waals surface area contributed by atoms with E-state index in [9.17, 15) is 14.4 Å². The highest BCUT2D eigenvalue weighted by Gasteiger charge is 2.16. The molecular formula is C20H16BrN3O3S. The van der Waals surface area contributed by atoms with E-state index < -0.39 is 0 Å². The Balaban J connectivity index is 1.78. The molecule has 3 aromatic rings. The third-order valence-electron chi connectivity index (χ3n) is 3.68. The number of thiophene rings is 1. The number of amides is 3. The van der Waals surface area contributed by atoms with E-state index in [2.05, 4.69) is 31.9 Å². The molecule has 8 heteroatoms. The van der Waals surface area contributed by atoms with Crippen molar-refractivity contribution in [3.8, 4) is 0 Å². The number of hydrogen-bond donors (Lipinski definition) is 3. The fourth-order valence-corrected chi connectivity index (χ4v) is 3.42. The summed E-state index contributed by atoms with van der Waals surface area (Å²) in [6.45, 7) is 1.43. The average molecular weight is 458 g/mol. The van der Waals surface area contributed by atoms with Crippen LogP contribution in [0.5, 0.6) is 0 Å². The highest BCUT2D eigenvalue weighted by Crippen LogP contribution is 2.24. The van der Waals surface area contributed by atoms with Crippen LogP contribution in [0.1, 0.15) is 27.0 Å². The lowest BCUT2D eigenvalue weighted by atomic mass is 10.1. The molecule has 0 bridgehead atoms. The van der Waals surface area contributed by atoms with Crippen molar-refractivity contribution in [1.82, 2.24) is 0 Å². The van der Waals surface area contributed by atoms with Crippen molar-refractivity contribution in [2.24, 2.45) is 0 Å². The van der Waals surface area contributed by atoms with Gasteiger partial charge in [0.2, 0.25) is 5.91 Å². The molecule has 1 aromatic heterocycles. The Bertz CT molecular complexity index is 1020. The second-order valence-electron chi connectivity index (χ2n) is 5.83. The molecule has 0 fully saturated rings. The first kappa shape index (κ1) is 19.8. The zero-order valence-corrected chi connectivity index (χ0v) is 17.2. The number of rotatable bonds is 5. The van der Waals surface area contributed by atoms with Crippen LogP contribution >= 0.6 is 27.3 Å². The van der Waals surface area contributed by atoms with E-state index in [1.165, 1.54) is 18.3 Å². The van der Waals surface area contributed by atoms with E-state index in [0.717, 1.165) is 0 Å². The molecule has 3 rings (SSSR count). The summed E-state index contributed by atoms with van der Waals surface area (Å²) in [5, 5.41) is 10.1. The Labute approximate surface area is 174 Å². The monoisotopic (exact) mass is 457 g/mol. The zero-order valence-electron chi connectivity index (χ0n) is 14.8. The van der Waals surface area contributed by atoms with E-state index in [-0.39, 0.29) is 17.7 Å². The summed E-state index contributed by atoms with van der Waals surface area (Å²) in [7, 11) is 0. The van der Waals surface area contributed by atoms with Gasteiger partial charge in [0.1, 0.15) is 0 Å². The Morgan fingerprint density at radius 3 is 2.14 bits per heavy atom. The molecule has 0 radical (unpaired) electrons. The van der Waals surface area contributed by atoms with Crippen LogP contribution in [-0.4, -0.2) is 17.7 Å². The topological polar surface area (TPSA) is 87.3 Å². The van der Waals surface area contributed by atoms with Gasteiger partial charge in [-0.25, -0.2) is 0 Å². The van der Waals surface area contributed by atoms with Crippen molar-refractivity contribution in [3.63, 3.8) is 0 Å². The standard InChI is InChI=1S/C20H16BrN3O3S/c1-12(25)22-14-5-7-15(8-6-14)23-19(26)16-11-13(21)4-9-17(16)24-20(27)18-3-2-10-28-18/h2-11H,1H3,(H,22,25)(H,23,26)(H,24,27). The molecule has 0 aliphatic carbocycles. The number of benzene rings is 2. The molecule has 2 aromatic carbocycles. The van der Waals surface area contributed by atoms with Crippen LogP contribution in [0.15, 0.2) is 64.5 Å². The highest BCUT2D eigenvalue weighted by molar-refractivity contribution is 9.10. The predicted octanol–water partition coefficient (Wildman–Crippen LogP) is 4.97. The maximum Gasteiger partial charge on any atom is 0.265 e. The molecular weight excluding hydrogens is 442 g/mol. The fourth-order valence-electron chi connectivity index (χ4n) is 2.44. The van der Waals surface area contributed by atoms with Crippen molar-refractivity contribution in [1.29, 1.82) is 0 Å². The molecule has 0 aliphatic rings. The minimum Gasteiger partial charge on any atom is -0.326 e. The third-order valence-corrected chi connectivity index (χ3v) is 5.04. The molecule has 0 atom stereocenters. The first-order valence-electron chi connectivity index (χ1n) is 8.26. The SMILES string of the molecule is CC(=O)Nc1ccc(NC(=O)c2cc(Br)ccc2NC(=O)c2cccs2)cc1. The summed E-state index contributed by atoms with van der Waals surface area (Å²) < 4.78 is 0.716. The molecule has 6 nitrogen and oxygen atoms in total. The van der Waals surface area contributed by atoms with Crippen molar-refractivity contribution >= 4 is 62.1 Å². The average Bonchev–Trinajstić information content (AvgIpc) is 3.19. The molecule has 0 saturated heterocycles. The van der Waals surface area contributed by atoms with E-state index in [0.29, 0.717) is 32.0 Å². The molecule has 0 unspecified atom stereocenters. The molecule has 1 heterocycles. The van der Waals surface area contributed by atoms with Gasteiger partial charge >= 0.3 is 0 Å². The molecule has 142 valence electrons. The quantitative estimate of drug-likeness (QED) is 0.505. The van der Waals surface area contributed by atoms with E-state index in [1.807, 2.05) is 5.38 Å². The summed E-state index contributed by atoms with van der Waals surface area (Å²) in [5.74, 6) is -0.807. The lowest BCUT2D eigenvalue weighted by Gasteiger charge is -2.12. The Morgan fingerprint density at radius 1 is 0.857 bits per heavy atom. The van der Waals surface area contributed by atoms with E-state index in [4.69, 9.17) is 0 Å². The minimum absolute atomic E-state index is 0.169. The lowest BCUT2D eigenvalue weighted by molar-refractivity contribution is -0.114. The predicted molar refractivity (Wildman–Crippen MR) is 115 cm³/mol. The van der Waals surface area contributed by atoms with Crippen molar-refractivity contribution in [2.45, 2.75) is 6.92 Å². The third kappa shape index (κ3) is 5.05. The van der Waals surface area contributed by atoms with Crippen LogP contribution in [0.4, 0.5) is 17.1 Å². The second kappa shape index (κ2) is 8.81. The molecule has 0 aliphatic heterocycles. The van der Waals surface area contributed by atoms with Gasteiger partial charge in [-0.3, -0.25) is 14.4 Å². The van der Waals surface area contributed by atoms with Gasteiger partial charge in [-0.2, -0.15) is 0 Å². The number of carbonyl (C=O) groups excluding carboxylic acids is 3. The van der Waals surface area contributed by atoms with Gasteiger partial charge in [-0.1, -0.05) is 22.0 Å². The van der Waals surface area contributed by atoms with Crippen molar-refractivity contribution < 1.29 is 14.4 Å². The van der Waals surface area contributed by atoms with Gasteiger partial charge in [0, 0.05) is 22.8 Å². The Hall–Kier alpha value is -2.97. The van der Waals surface area contributed by atoms with Gasteiger partial charge in [-0.15, -0.1) is 11.3 Å². The second-order valence-corrected chi connectivity index (χ2v) is 7.70. The Kier molecular flexibility index (Phi) is 6.23. The van der Waals surface area contributed by atoms with Crippen LogP contribution in [0.2, 0.25) is 0 Å². The Morgan fingerprint density at radius 2 is 1.54 bits per heavy atom. The van der Waals surface area contributed by atoms with Gasteiger partial charge in [0.25, 0.3) is 11.8 Å². The maximum atomic E-state index is 12.8. The van der Waals surface area contributed by atoms with Gasteiger partial charge < -0.3 is 16.0 Å². The zero-order chi connectivity index (χ0) is 20.1. The van der Waals surface area contributed by atoms with Gasteiger partial charge in [-0.05, 0) is 53.9 Å². The van der Waals surface area contributed by atoms with Crippen LogP contribution in [0, 0.1) is 0 Å². The smallest absolute Gasteiger partial charge is 0.265 e. The number of hydrogen-bond acceptors (Lipinski definition) is 4. The molecule has 0 spiro atoms. The molecule has 3 amide bonds. The van der Waals surface area contributed by atoms with Gasteiger partial charge in [0.15, 0.2) is 0 Å². The summed E-state index contributed by atoms with van der Waals surface area (Å²) in [4.78, 5) is 36.8. The van der Waals surface area contributed by atoms with E-state index in [1.54, 1.807) is 54.6 Å². The van der Waals surface area contributed by atoms with Crippen LogP contribution < -0.4 is 16.0 Å². The fraction of sp³-hybridized carbons (Fsp3) is 0.0500. The molecule has 28 heavy (non-hydrogen) atoms. The van der Waals surface area contributed by atoms with Crippen molar-refractivity contribution in [3.05, 3.63) is 74.9 Å².